The van der Waals surface area contributed by atoms with Gasteiger partial charge in [0.2, 0.25) is 5.91 Å². The topological polar surface area (TPSA) is 108 Å². The molecule has 1 amide bonds. The minimum Gasteiger partial charge on any atom is -0.325 e. The van der Waals surface area contributed by atoms with Crippen LogP contribution in [-0.2, 0) is 24.4 Å². The Hall–Kier alpha value is -4.27. The molecule has 0 radical (unpaired) electrons. The van der Waals surface area contributed by atoms with Gasteiger partial charge in [-0.3, -0.25) is 19.0 Å². The van der Waals surface area contributed by atoms with Gasteiger partial charge in [0.1, 0.15) is 6.54 Å². The number of nitrogens with zero attached hydrogens (tertiary/aromatic N) is 4. The quantitative estimate of drug-likeness (QED) is 0.396. The zero-order chi connectivity index (χ0) is 25.1. The Balaban J connectivity index is 1.74. The van der Waals surface area contributed by atoms with Gasteiger partial charge in [0, 0.05) is 17.8 Å². The molecule has 0 fully saturated rings. The van der Waals surface area contributed by atoms with E-state index in [0.29, 0.717) is 23.4 Å². The monoisotopic (exact) mass is 473 g/mol. The van der Waals surface area contributed by atoms with E-state index in [1.54, 1.807) is 35.2 Å². The van der Waals surface area contributed by atoms with E-state index in [0.717, 1.165) is 10.1 Å². The summed E-state index contributed by atoms with van der Waals surface area (Å²) >= 11 is 0. The van der Waals surface area contributed by atoms with Crippen LogP contribution in [0, 0.1) is 5.92 Å². The fourth-order valence-corrected chi connectivity index (χ4v) is 3.95. The number of rotatable bonds is 8. The SMILES string of the molecule is CC(=O)c1ccc(NC(=O)Cn2c(=O)c3c(ncn3CC(C)C)n(Cc3ccccc3)c2=O)cc1. The average molecular weight is 474 g/mol. The Morgan fingerprint density at radius 1 is 0.971 bits per heavy atom. The number of imidazole rings is 1. The second kappa shape index (κ2) is 9.92. The normalized spacial score (nSPS) is 11.2. The molecule has 0 bridgehead atoms. The van der Waals surface area contributed by atoms with Gasteiger partial charge in [-0.1, -0.05) is 44.2 Å². The fraction of sp³-hybridized carbons (Fsp3) is 0.269. The maximum absolute atomic E-state index is 13.4. The van der Waals surface area contributed by atoms with Gasteiger partial charge in [0.05, 0.1) is 12.9 Å². The van der Waals surface area contributed by atoms with Crippen LogP contribution in [0.2, 0.25) is 0 Å². The summed E-state index contributed by atoms with van der Waals surface area (Å²) < 4.78 is 4.11. The van der Waals surface area contributed by atoms with Crippen molar-refractivity contribution in [3.63, 3.8) is 0 Å². The lowest BCUT2D eigenvalue weighted by molar-refractivity contribution is -0.116. The molecule has 0 saturated heterocycles. The molecule has 9 heteroatoms. The van der Waals surface area contributed by atoms with E-state index >= 15 is 0 Å². The van der Waals surface area contributed by atoms with E-state index < -0.39 is 23.7 Å². The van der Waals surface area contributed by atoms with Crippen molar-refractivity contribution in [1.82, 2.24) is 18.7 Å². The fourth-order valence-electron chi connectivity index (χ4n) is 3.95. The summed E-state index contributed by atoms with van der Waals surface area (Å²) in [5.74, 6) is -0.365. The molecule has 35 heavy (non-hydrogen) atoms. The molecule has 4 aromatic rings. The Morgan fingerprint density at radius 2 is 1.66 bits per heavy atom. The first-order valence-corrected chi connectivity index (χ1v) is 11.4. The van der Waals surface area contributed by atoms with Gasteiger partial charge in [-0.2, -0.15) is 0 Å². The van der Waals surface area contributed by atoms with Crippen molar-refractivity contribution in [3.8, 4) is 0 Å². The first-order chi connectivity index (χ1) is 16.7. The summed E-state index contributed by atoms with van der Waals surface area (Å²) in [4.78, 5) is 55.5. The van der Waals surface area contributed by atoms with Crippen LogP contribution >= 0.6 is 0 Å². The number of hydrogen-bond acceptors (Lipinski definition) is 5. The first-order valence-electron chi connectivity index (χ1n) is 11.4. The minimum atomic E-state index is -0.608. The molecule has 2 aromatic carbocycles. The van der Waals surface area contributed by atoms with Crippen molar-refractivity contribution in [3.05, 3.63) is 92.9 Å². The van der Waals surface area contributed by atoms with Crippen LogP contribution < -0.4 is 16.6 Å². The predicted molar refractivity (Wildman–Crippen MR) is 134 cm³/mol. The number of hydrogen-bond donors (Lipinski definition) is 1. The molecule has 0 atom stereocenters. The molecule has 0 aliphatic rings. The first kappa shape index (κ1) is 23.9. The third-order valence-corrected chi connectivity index (χ3v) is 5.61. The molecule has 0 unspecified atom stereocenters. The van der Waals surface area contributed by atoms with Gasteiger partial charge < -0.3 is 9.88 Å². The summed E-state index contributed by atoms with van der Waals surface area (Å²) in [5, 5.41) is 2.69. The van der Waals surface area contributed by atoms with E-state index in [1.807, 2.05) is 44.2 Å². The molecular weight excluding hydrogens is 446 g/mol. The van der Waals surface area contributed by atoms with E-state index in [4.69, 9.17) is 0 Å². The molecule has 2 aromatic heterocycles. The Bertz CT molecular complexity index is 1500. The lowest BCUT2D eigenvalue weighted by atomic mass is 10.1. The maximum atomic E-state index is 13.4. The largest absolute Gasteiger partial charge is 0.333 e. The summed E-state index contributed by atoms with van der Waals surface area (Å²) in [6.45, 7) is 5.81. The summed E-state index contributed by atoms with van der Waals surface area (Å²) in [5.41, 5.74) is 1.26. The lowest BCUT2D eigenvalue weighted by Gasteiger charge is -2.14. The van der Waals surface area contributed by atoms with Crippen LogP contribution in [-0.4, -0.2) is 30.4 Å². The number of carbonyl (C=O) groups excluding carboxylic acids is 2. The Kier molecular flexibility index (Phi) is 6.77. The van der Waals surface area contributed by atoms with Crippen LogP contribution in [0.15, 0.2) is 70.5 Å². The number of nitrogens with one attached hydrogen (secondary N) is 1. The highest BCUT2D eigenvalue weighted by molar-refractivity contribution is 5.95. The summed E-state index contributed by atoms with van der Waals surface area (Å²) in [7, 11) is 0. The molecule has 1 N–H and O–H groups in total. The molecule has 180 valence electrons. The molecule has 0 spiro atoms. The molecular formula is C26H27N5O4. The van der Waals surface area contributed by atoms with Crippen LogP contribution in [0.1, 0.15) is 36.7 Å². The third kappa shape index (κ3) is 5.13. The predicted octanol–water partition coefficient (Wildman–Crippen LogP) is 2.91. The van der Waals surface area contributed by atoms with Crippen LogP contribution in [0.3, 0.4) is 0 Å². The van der Waals surface area contributed by atoms with Crippen LogP contribution in [0.25, 0.3) is 11.2 Å². The Labute approximate surface area is 201 Å². The van der Waals surface area contributed by atoms with Gasteiger partial charge in [0.25, 0.3) is 5.56 Å². The Morgan fingerprint density at radius 3 is 2.29 bits per heavy atom. The van der Waals surface area contributed by atoms with Crippen LogP contribution in [0.5, 0.6) is 0 Å². The smallest absolute Gasteiger partial charge is 0.325 e. The highest BCUT2D eigenvalue weighted by atomic mass is 16.2. The van der Waals surface area contributed by atoms with Crippen molar-refractivity contribution < 1.29 is 9.59 Å². The van der Waals surface area contributed by atoms with E-state index in [9.17, 15) is 19.2 Å². The number of benzene rings is 2. The van der Waals surface area contributed by atoms with Gasteiger partial charge in [-0.05, 0) is 42.7 Å². The second-order valence-electron chi connectivity index (χ2n) is 8.89. The highest BCUT2D eigenvalue weighted by Gasteiger charge is 2.20. The van der Waals surface area contributed by atoms with Crippen molar-refractivity contribution in [1.29, 1.82) is 0 Å². The van der Waals surface area contributed by atoms with Crippen molar-refractivity contribution >= 4 is 28.5 Å². The summed E-state index contributed by atoms with van der Waals surface area (Å²) in [6.07, 6.45) is 1.56. The zero-order valence-corrected chi connectivity index (χ0v) is 19.9. The lowest BCUT2D eigenvalue weighted by Crippen LogP contribution is -2.43. The summed E-state index contributed by atoms with van der Waals surface area (Å²) in [6, 6.07) is 15.8. The average Bonchev–Trinajstić information content (AvgIpc) is 3.23. The molecule has 2 heterocycles. The highest BCUT2D eigenvalue weighted by Crippen LogP contribution is 2.13. The van der Waals surface area contributed by atoms with Crippen molar-refractivity contribution in [2.45, 2.75) is 40.4 Å². The van der Waals surface area contributed by atoms with E-state index in [2.05, 4.69) is 10.3 Å². The third-order valence-electron chi connectivity index (χ3n) is 5.61. The number of amides is 1. The molecule has 0 saturated carbocycles. The number of fused-ring (bicyclic) bond motifs is 1. The molecule has 9 nitrogen and oxygen atoms in total. The number of anilines is 1. The standard InChI is InChI=1S/C26H27N5O4/c1-17(2)13-29-16-27-24-23(29)25(34)31(26(35)30(24)14-19-7-5-4-6-8-19)15-22(33)28-21-11-9-20(10-12-21)18(3)32/h4-12,16-17H,13-15H2,1-3H3,(H,28,33). The minimum absolute atomic E-state index is 0.0836. The molecule has 0 aliphatic carbocycles. The molecule has 0 aliphatic heterocycles. The van der Waals surface area contributed by atoms with Crippen LogP contribution in [0.4, 0.5) is 5.69 Å². The van der Waals surface area contributed by atoms with Crippen molar-refractivity contribution in [2.24, 2.45) is 5.92 Å². The number of Topliss-reactive ketones (excluding diaryl/α,β-unsaturated/α-hetero) is 1. The second-order valence-corrected chi connectivity index (χ2v) is 8.89. The van der Waals surface area contributed by atoms with E-state index in [1.165, 1.54) is 11.5 Å². The van der Waals surface area contributed by atoms with Gasteiger partial charge in [0.15, 0.2) is 16.9 Å². The van der Waals surface area contributed by atoms with Gasteiger partial charge in [-0.15, -0.1) is 0 Å². The van der Waals surface area contributed by atoms with Gasteiger partial charge in [-0.25, -0.2) is 14.3 Å². The number of carbonyl (C=O) groups is 2. The van der Waals surface area contributed by atoms with E-state index in [-0.39, 0.29) is 23.8 Å². The van der Waals surface area contributed by atoms with Crippen molar-refractivity contribution in [2.75, 3.05) is 5.32 Å². The maximum Gasteiger partial charge on any atom is 0.333 e. The van der Waals surface area contributed by atoms with Gasteiger partial charge >= 0.3 is 5.69 Å². The number of aromatic nitrogens is 4. The number of ketones is 1. The molecule has 4 rings (SSSR count). The zero-order valence-electron chi connectivity index (χ0n) is 19.9.